The number of H-pyrrole nitrogens is 2. The normalized spacial score (nSPS) is 12.0. The first-order valence-electron chi connectivity index (χ1n) is 8.19. The average Bonchev–Trinajstić information content (AvgIpc) is 2.96. The van der Waals surface area contributed by atoms with Gasteiger partial charge in [-0.3, -0.25) is 4.79 Å². The zero-order valence-electron chi connectivity index (χ0n) is 14.5. The molecular weight excluding hydrogens is 357 g/mol. The molecule has 0 atom stereocenters. The maximum Gasteiger partial charge on any atom is 0.417 e. The lowest BCUT2D eigenvalue weighted by Crippen LogP contribution is -2.14. The Kier molecular flexibility index (Phi) is 3.76. The Hall–Kier alpha value is -3.22. The van der Waals surface area contributed by atoms with E-state index in [0.717, 1.165) is 11.3 Å². The summed E-state index contributed by atoms with van der Waals surface area (Å²) in [5.74, 6) is 0.654. The van der Waals surface area contributed by atoms with Crippen LogP contribution in [0, 0.1) is 6.92 Å². The van der Waals surface area contributed by atoms with Gasteiger partial charge in [0.1, 0.15) is 5.75 Å². The molecule has 4 aromatic rings. The summed E-state index contributed by atoms with van der Waals surface area (Å²) in [4.78, 5) is 17.4. The summed E-state index contributed by atoms with van der Waals surface area (Å²) < 4.78 is 46.2. The molecule has 0 fully saturated rings. The molecule has 7 heteroatoms. The fraction of sp³-hybridized carbons (Fsp3) is 0.150. The minimum Gasteiger partial charge on any atom is -0.497 e. The standard InChI is InChI=1S/C20H15F3N2O2/c1-10-17(11-3-5-12(27-2)6-4-11)19-15(24-10)8-7-14-18(19)13(20(21,22)23)9-16(26)25-14/h3-9,24H,1-2H3,(H,25,26). The van der Waals surface area contributed by atoms with Gasteiger partial charge in [0.05, 0.1) is 12.7 Å². The second-order valence-electron chi connectivity index (χ2n) is 6.31. The van der Waals surface area contributed by atoms with Gasteiger partial charge in [-0.25, -0.2) is 0 Å². The molecule has 4 rings (SSSR count). The summed E-state index contributed by atoms with van der Waals surface area (Å²) >= 11 is 0. The largest absolute Gasteiger partial charge is 0.497 e. The van der Waals surface area contributed by atoms with Gasteiger partial charge in [0, 0.05) is 39.1 Å². The van der Waals surface area contributed by atoms with Gasteiger partial charge < -0.3 is 14.7 Å². The SMILES string of the molecule is COc1ccc(-c2c(C)[nH]c3ccc4[nH]c(=O)cc(C(F)(F)F)c4c23)cc1. The van der Waals surface area contributed by atoms with Gasteiger partial charge in [-0.1, -0.05) is 12.1 Å². The predicted molar refractivity (Wildman–Crippen MR) is 98.2 cm³/mol. The Bertz CT molecular complexity index is 1220. The molecule has 27 heavy (non-hydrogen) atoms. The molecule has 0 aliphatic rings. The Labute approximate surface area is 151 Å². The van der Waals surface area contributed by atoms with E-state index < -0.39 is 17.3 Å². The van der Waals surface area contributed by atoms with Gasteiger partial charge in [-0.2, -0.15) is 13.2 Å². The van der Waals surface area contributed by atoms with Crippen LogP contribution in [0.25, 0.3) is 32.9 Å². The van der Waals surface area contributed by atoms with Crippen molar-refractivity contribution in [1.82, 2.24) is 9.97 Å². The van der Waals surface area contributed by atoms with E-state index in [1.807, 2.05) is 6.92 Å². The number of aromatic amines is 2. The number of hydrogen-bond acceptors (Lipinski definition) is 2. The molecule has 0 bridgehead atoms. The molecule has 0 radical (unpaired) electrons. The maximum atomic E-state index is 13.7. The number of fused-ring (bicyclic) bond motifs is 3. The lowest BCUT2D eigenvalue weighted by Gasteiger charge is -2.12. The third-order valence-electron chi connectivity index (χ3n) is 4.64. The first kappa shape index (κ1) is 17.2. The number of aromatic nitrogens is 2. The molecule has 2 aromatic heterocycles. The molecule has 4 nitrogen and oxygen atoms in total. The number of rotatable bonds is 2. The van der Waals surface area contributed by atoms with Crippen molar-refractivity contribution in [2.24, 2.45) is 0 Å². The van der Waals surface area contributed by atoms with Crippen LogP contribution in [0.2, 0.25) is 0 Å². The van der Waals surface area contributed by atoms with Crippen LogP contribution in [0.3, 0.4) is 0 Å². The minimum absolute atomic E-state index is 0.0187. The summed E-state index contributed by atoms with van der Waals surface area (Å²) in [5, 5.41) is 0.411. The Morgan fingerprint density at radius 1 is 0.926 bits per heavy atom. The molecule has 0 amide bonds. The van der Waals surface area contributed by atoms with E-state index in [-0.39, 0.29) is 10.9 Å². The second kappa shape index (κ2) is 5.90. The van der Waals surface area contributed by atoms with Crippen molar-refractivity contribution in [3.8, 4) is 16.9 Å². The van der Waals surface area contributed by atoms with Crippen LogP contribution in [-0.4, -0.2) is 17.1 Å². The molecule has 2 heterocycles. The van der Waals surface area contributed by atoms with Gasteiger partial charge in [-0.05, 0) is 36.8 Å². The Morgan fingerprint density at radius 2 is 1.56 bits per heavy atom. The van der Waals surface area contributed by atoms with Crippen molar-refractivity contribution >= 4 is 21.8 Å². The molecule has 2 N–H and O–H groups in total. The Morgan fingerprint density at radius 3 is 2.15 bits per heavy atom. The van der Waals surface area contributed by atoms with Gasteiger partial charge in [0.15, 0.2) is 0 Å². The Balaban J connectivity index is 2.17. The summed E-state index contributed by atoms with van der Waals surface area (Å²) in [6, 6.07) is 10.9. The fourth-order valence-corrected chi connectivity index (χ4v) is 3.52. The lowest BCUT2D eigenvalue weighted by molar-refractivity contribution is -0.136. The van der Waals surface area contributed by atoms with E-state index >= 15 is 0 Å². The van der Waals surface area contributed by atoms with Crippen LogP contribution in [0.4, 0.5) is 13.2 Å². The monoisotopic (exact) mass is 372 g/mol. The van der Waals surface area contributed by atoms with Crippen LogP contribution in [0.1, 0.15) is 11.3 Å². The minimum atomic E-state index is -4.65. The smallest absolute Gasteiger partial charge is 0.417 e. The number of halogens is 3. The van der Waals surface area contributed by atoms with Crippen molar-refractivity contribution in [3.05, 3.63) is 64.1 Å². The van der Waals surface area contributed by atoms with Crippen molar-refractivity contribution in [2.45, 2.75) is 13.1 Å². The van der Waals surface area contributed by atoms with E-state index in [1.165, 1.54) is 6.07 Å². The van der Waals surface area contributed by atoms with Gasteiger partial charge >= 0.3 is 6.18 Å². The number of nitrogens with one attached hydrogen (secondary N) is 2. The van der Waals surface area contributed by atoms with Gasteiger partial charge in [-0.15, -0.1) is 0 Å². The average molecular weight is 372 g/mol. The third kappa shape index (κ3) is 2.75. The zero-order valence-corrected chi connectivity index (χ0v) is 14.5. The number of methoxy groups -OCH3 is 1. The third-order valence-corrected chi connectivity index (χ3v) is 4.64. The zero-order chi connectivity index (χ0) is 19.3. The number of ether oxygens (including phenoxy) is 1. The first-order chi connectivity index (χ1) is 12.8. The number of hydrogen-bond donors (Lipinski definition) is 2. The van der Waals surface area contributed by atoms with Crippen molar-refractivity contribution < 1.29 is 17.9 Å². The van der Waals surface area contributed by atoms with E-state index in [4.69, 9.17) is 4.74 Å². The quantitative estimate of drug-likeness (QED) is 0.520. The highest BCUT2D eigenvalue weighted by Gasteiger charge is 2.34. The van der Waals surface area contributed by atoms with E-state index in [2.05, 4.69) is 9.97 Å². The fourth-order valence-electron chi connectivity index (χ4n) is 3.52. The van der Waals surface area contributed by atoms with Crippen molar-refractivity contribution in [3.63, 3.8) is 0 Å². The molecule has 0 unspecified atom stereocenters. The van der Waals surface area contributed by atoms with E-state index in [0.29, 0.717) is 28.3 Å². The highest BCUT2D eigenvalue weighted by Crippen LogP contribution is 2.42. The van der Waals surface area contributed by atoms with E-state index in [1.54, 1.807) is 37.4 Å². The van der Waals surface area contributed by atoms with Crippen LogP contribution in [0.15, 0.2) is 47.3 Å². The molecule has 0 saturated carbocycles. The molecule has 0 saturated heterocycles. The molecule has 0 aliphatic carbocycles. The molecule has 0 aliphatic heterocycles. The number of benzene rings is 2. The van der Waals surface area contributed by atoms with Crippen molar-refractivity contribution in [2.75, 3.05) is 7.11 Å². The predicted octanol–water partition coefficient (Wildman–Crippen LogP) is 5.01. The second-order valence-corrected chi connectivity index (χ2v) is 6.31. The molecular formula is C20H15F3N2O2. The molecule has 138 valence electrons. The van der Waals surface area contributed by atoms with Crippen LogP contribution < -0.4 is 10.3 Å². The molecule has 0 spiro atoms. The number of aryl methyl sites for hydroxylation is 1. The summed E-state index contributed by atoms with van der Waals surface area (Å²) in [6.45, 7) is 1.81. The van der Waals surface area contributed by atoms with Crippen LogP contribution in [0.5, 0.6) is 5.75 Å². The van der Waals surface area contributed by atoms with Gasteiger partial charge in [0.2, 0.25) is 5.56 Å². The summed E-state index contributed by atoms with van der Waals surface area (Å²) in [7, 11) is 1.55. The number of alkyl halides is 3. The van der Waals surface area contributed by atoms with Crippen LogP contribution >= 0.6 is 0 Å². The van der Waals surface area contributed by atoms with Crippen LogP contribution in [-0.2, 0) is 6.18 Å². The highest BCUT2D eigenvalue weighted by molar-refractivity contribution is 6.15. The number of pyridine rings is 1. The maximum absolute atomic E-state index is 13.7. The lowest BCUT2D eigenvalue weighted by atomic mass is 9.96. The highest BCUT2D eigenvalue weighted by atomic mass is 19.4. The molecule has 2 aromatic carbocycles. The summed E-state index contributed by atoms with van der Waals surface area (Å²) in [5.41, 5.74) is 1.15. The first-order valence-corrected chi connectivity index (χ1v) is 8.19. The van der Waals surface area contributed by atoms with Gasteiger partial charge in [0.25, 0.3) is 0 Å². The van der Waals surface area contributed by atoms with E-state index in [9.17, 15) is 18.0 Å². The summed E-state index contributed by atoms with van der Waals surface area (Å²) in [6.07, 6.45) is -4.65. The van der Waals surface area contributed by atoms with Crippen molar-refractivity contribution in [1.29, 1.82) is 0 Å². The topological polar surface area (TPSA) is 57.9 Å².